The van der Waals surface area contributed by atoms with Crippen LogP contribution in [0.25, 0.3) is 0 Å². The van der Waals surface area contributed by atoms with Crippen molar-refractivity contribution in [2.45, 2.75) is 19.9 Å². The average molecular weight is 408 g/mol. The van der Waals surface area contributed by atoms with Crippen molar-refractivity contribution in [2.75, 3.05) is 27.2 Å². The molecule has 1 atom stereocenters. The third-order valence-electron chi connectivity index (χ3n) is 2.98. The highest BCUT2D eigenvalue weighted by molar-refractivity contribution is 14.0. The maximum Gasteiger partial charge on any atom is 0.188 e. The number of nitrogens with two attached hydrogens (primary N) is 1. The minimum Gasteiger partial charge on any atom is -0.370 e. The lowest BCUT2D eigenvalue weighted by molar-refractivity contribution is 0.298. The van der Waals surface area contributed by atoms with Crippen molar-refractivity contribution in [3.63, 3.8) is 0 Å². The number of hydrogen-bond acceptors (Lipinski definition) is 2. The molecule has 0 fully saturated rings. The van der Waals surface area contributed by atoms with Gasteiger partial charge in [0.2, 0.25) is 0 Å². The third kappa shape index (κ3) is 7.61. The Hall–Kier alpha value is -0.890. The highest BCUT2D eigenvalue weighted by Crippen LogP contribution is 2.17. The second-order valence-electron chi connectivity index (χ2n) is 5.53. The van der Waals surface area contributed by atoms with Crippen LogP contribution < -0.4 is 11.1 Å². The summed E-state index contributed by atoms with van der Waals surface area (Å²) < 4.78 is 13.0. The van der Waals surface area contributed by atoms with Crippen LogP contribution in [0.2, 0.25) is 0 Å². The molecule has 1 aromatic carbocycles. The molecular weight excluding hydrogens is 382 g/mol. The van der Waals surface area contributed by atoms with Crippen molar-refractivity contribution in [3.05, 3.63) is 35.6 Å². The molecule has 6 heteroatoms. The van der Waals surface area contributed by atoms with Gasteiger partial charge in [-0.1, -0.05) is 26.0 Å². The lowest BCUT2D eigenvalue weighted by Gasteiger charge is -2.25. The van der Waals surface area contributed by atoms with Crippen LogP contribution in [0.15, 0.2) is 29.3 Å². The monoisotopic (exact) mass is 408 g/mol. The minimum atomic E-state index is -0.225. The first-order valence-electron chi connectivity index (χ1n) is 6.85. The zero-order valence-electron chi connectivity index (χ0n) is 13.1. The van der Waals surface area contributed by atoms with E-state index in [1.165, 1.54) is 12.1 Å². The number of nitrogens with one attached hydrogen (secondary N) is 1. The van der Waals surface area contributed by atoms with Crippen molar-refractivity contribution in [3.8, 4) is 0 Å². The molecule has 0 aliphatic carbocycles. The number of likely N-dealkylation sites (N-methyl/N-ethyl adjacent to an activating group) is 1. The second kappa shape index (κ2) is 9.94. The van der Waals surface area contributed by atoms with Gasteiger partial charge in [-0.05, 0) is 37.7 Å². The molecule has 0 heterocycles. The summed E-state index contributed by atoms with van der Waals surface area (Å²) in [5, 5.41) is 3.12. The van der Waals surface area contributed by atoms with Gasteiger partial charge >= 0.3 is 0 Å². The number of nitrogens with zero attached hydrogens (tertiary/aromatic N) is 2. The molecule has 1 unspecified atom stereocenters. The molecule has 0 amide bonds. The fourth-order valence-corrected chi connectivity index (χ4v) is 1.82. The van der Waals surface area contributed by atoms with Gasteiger partial charge in [0, 0.05) is 13.1 Å². The summed E-state index contributed by atoms with van der Waals surface area (Å²) in [6.07, 6.45) is 0. The van der Waals surface area contributed by atoms with E-state index >= 15 is 0 Å². The fraction of sp³-hybridized carbons (Fsp3) is 0.533. The molecule has 1 aromatic rings. The zero-order valence-corrected chi connectivity index (χ0v) is 15.5. The number of hydrogen-bond donors (Lipinski definition) is 2. The molecule has 4 nitrogen and oxygen atoms in total. The van der Waals surface area contributed by atoms with Crippen LogP contribution in [0.3, 0.4) is 0 Å². The van der Waals surface area contributed by atoms with Crippen molar-refractivity contribution in [1.82, 2.24) is 10.2 Å². The van der Waals surface area contributed by atoms with Crippen molar-refractivity contribution >= 4 is 29.9 Å². The molecule has 0 saturated heterocycles. The topological polar surface area (TPSA) is 53.6 Å². The Labute approximate surface area is 144 Å². The van der Waals surface area contributed by atoms with E-state index in [1.54, 1.807) is 12.1 Å². The molecule has 0 saturated carbocycles. The van der Waals surface area contributed by atoms with Gasteiger partial charge in [-0.15, -0.1) is 24.0 Å². The van der Waals surface area contributed by atoms with Gasteiger partial charge in [0.25, 0.3) is 0 Å². The summed E-state index contributed by atoms with van der Waals surface area (Å²) in [5.74, 6) is 0.710. The Morgan fingerprint density at radius 1 is 1.29 bits per heavy atom. The number of halogens is 2. The summed E-state index contributed by atoms with van der Waals surface area (Å²) in [6, 6.07) is 6.65. The van der Waals surface area contributed by atoms with E-state index in [0.29, 0.717) is 25.0 Å². The fourth-order valence-electron chi connectivity index (χ4n) is 1.82. The van der Waals surface area contributed by atoms with Crippen LogP contribution in [0.5, 0.6) is 0 Å². The van der Waals surface area contributed by atoms with Gasteiger partial charge in [0.05, 0.1) is 6.04 Å². The largest absolute Gasteiger partial charge is 0.370 e. The molecule has 120 valence electrons. The lowest BCUT2D eigenvalue weighted by Crippen LogP contribution is -2.38. The highest BCUT2D eigenvalue weighted by Gasteiger charge is 2.14. The normalized spacial score (nSPS) is 13.2. The first-order valence-corrected chi connectivity index (χ1v) is 6.85. The van der Waals surface area contributed by atoms with Gasteiger partial charge in [0.15, 0.2) is 5.96 Å². The average Bonchev–Trinajstić information content (AvgIpc) is 2.38. The van der Waals surface area contributed by atoms with Crippen LogP contribution >= 0.6 is 24.0 Å². The number of aliphatic imine (C=N–C) groups is 1. The van der Waals surface area contributed by atoms with Crippen LogP contribution in [0.1, 0.15) is 25.5 Å². The Morgan fingerprint density at radius 3 is 2.33 bits per heavy atom. The number of rotatable bonds is 6. The van der Waals surface area contributed by atoms with E-state index in [9.17, 15) is 4.39 Å². The smallest absolute Gasteiger partial charge is 0.188 e. The molecule has 0 bridgehead atoms. The first-order chi connectivity index (χ1) is 9.40. The summed E-state index contributed by atoms with van der Waals surface area (Å²) >= 11 is 0. The Balaban J connectivity index is 0.00000400. The van der Waals surface area contributed by atoms with Crippen molar-refractivity contribution in [2.24, 2.45) is 16.6 Å². The maximum atomic E-state index is 13.0. The van der Waals surface area contributed by atoms with Crippen molar-refractivity contribution < 1.29 is 4.39 Å². The van der Waals surface area contributed by atoms with Gasteiger partial charge in [0.1, 0.15) is 5.82 Å². The van der Waals surface area contributed by atoms with E-state index < -0.39 is 0 Å². The minimum absolute atomic E-state index is 0. The summed E-state index contributed by atoms with van der Waals surface area (Å²) in [5.41, 5.74) is 6.88. The van der Waals surface area contributed by atoms with Gasteiger partial charge in [-0.3, -0.25) is 4.99 Å². The van der Waals surface area contributed by atoms with Crippen LogP contribution in [-0.4, -0.2) is 38.0 Å². The van der Waals surface area contributed by atoms with Crippen LogP contribution in [0, 0.1) is 11.7 Å². The summed E-state index contributed by atoms with van der Waals surface area (Å²) in [4.78, 5) is 6.33. The SMILES string of the molecule is CC(C)CN=C(N)NCC(c1ccc(F)cc1)N(C)C.I. The molecular formula is C15H26FIN4. The predicted molar refractivity (Wildman–Crippen MR) is 97.6 cm³/mol. The molecule has 0 aliphatic heterocycles. The number of benzene rings is 1. The molecule has 0 aromatic heterocycles. The highest BCUT2D eigenvalue weighted by atomic mass is 127. The predicted octanol–water partition coefficient (Wildman–Crippen LogP) is 2.61. The van der Waals surface area contributed by atoms with Crippen LogP contribution in [0.4, 0.5) is 4.39 Å². The molecule has 0 aliphatic rings. The van der Waals surface area contributed by atoms with Gasteiger partial charge < -0.3 is 16.0 Å². The van der Waals surface area contributed by atoms with E-state index in [1.807, 2.05) is 14.1 Å². The van der Waals surface area contributed by atoms with Gasteiger partial charge in [-0.2, -0.15) is 0 Å². The maximum absolute atomic E-state index is 13.0. The standard InChI is InChI=1S/C15H25FN4.HI/c1-11(2)9-18-15(17)19-10-14(20(3)4)12-5-7-13(16)8-6-12;/h5-8,11,14H,9-10H2,1-4H3,(H3,17,18,19);1H. The Kier molecular flexibility index (Phi) is 9.52. The molecule has 3 N–H and O–H groups in total. The number of guanidine groups is 1. The van der Waals surface area contributed by atoms with Crippen LogP contribution in [-0.2, 0) is 0 Å². The summed E-state index contributed by atoms with van der Waals surface area (Å²) in [7, 11) is 3.97. The summed E-state index contributed by atoms with van der Waals surface area (Å²) in [6.45, 7) is 5.53. The lowest BCUT2D eigenvalue weighted by atomic mass is 10.1. The quantitative estimate of drug-likeness (QED) is 0.432. The first kappa shape index (κ1) is 20.1. The van der Waals surface area contributed by atoms with E-state index in [0.717, 1.165) is 5.56 Å². The second-order valence-corrected chi connectivity index (χ2v) is 5.53. The third-order valence-corrected chi connectivity index (χ3v) is 2.98. The molecule has 0 spiro atoms. The van der Waals surface area contributed by atoms with E-state index in [4.69, 9.17) is 5.73 Å². The van der Waals surface area contributed by atoms with E-state index in [2.05, 4.69) is 29.1 Å². The zero-order chi connectivity index (χ0) is 15.1. The molecule has 0 radical (unpaired) electrons. The molecule has 1 rings (SSSR count). The van der Waals surface area contributed by atoms with Crippen molar-refractivity contribution in [1.29, 1.82) is 0 Å². The van der Waals surface area contributed by atoms with Gasteiger partial charge in [-0.25, -0.2) is 4.39 Å². The Morgan fingerprint density at radius 2 is 1.86 bits per heavy atom. The van der Waals surface area contributed by atoms with E-state index in [-0.39, 0.29) is 35.8 Å². The Bertz CT molecular complexity index is 432. The molecule has 21 heavy (non-hydrogen) atoms.